The van der Waals surface area contributed by atoms with Crippen LogP contribution in [0.1, 0.15) is 18.4 Å². The molecule has 1 fully saturated rings. The molecule has 20 heavy (non-hydrogen) atoms. The number of nitrogens with one attached hydrogen (secondary N) is 1. The zero-order chi connectivity index (χ0) is 14.5. The highest BCUT2D eigenvalue weighted by Crippen LogP contribution is 2.38. The molecule has 2 rings (SSSR count). The van der Waals surface area contributed by atoms with Crippen LogP contribution in [-0.4, -0.2) is 39.1 Å². The number of aliphatic hydroxyl groups excluding tert-OH is 1. The molecule has 0 radical (unpaired) electrons. The molecule has 1 unspecified atom stereocenters. The molecule has 1 aliphatic carbocycles. The van der Waals surface area contributed by atoms with Crippen LogP contribution in [0.2, 0.25) is 0 Å². The zero-order valence-corrected chi connectivity index (χ0v) is 12.3. The Balaban J connectivity index is 1.99. The van der Waals surface area contributed by atoms with Crippen LogP contribution in [0.25, 0.3) is 0 Å². The predicted molar refractivity (Wildman–Crippen MR) is 76.5 cm³/mol. The Bertz CT molecular complexity index is 420. The van der Waals surface area contributed by atoms with E-state index < -0.39 is 0 Å². The topological polar surface area (TPSA) is 60.0 Å². The van der Waals surface area contributed by atoms with Crippen molar-refractivity contribution in [2.75, 3.05) is 27.9 Å². The van der Waals surface area contributed by atoms with Crippen molar-refractivity contribution in [2.45, 2.75) is 25.5 Å². The fourth-order valence-electron chi connectivity index (χ4n) is 2.25. The highest BCUT2D eigenvalue weighted by molar-refractivity contribution is 5.53. The monoisotopic (exact) mass is 281 g/mol. The predicted octanol–water partition coefficient (Wildman–Crippen LogP) is 1.57. The van der Waals surface area contributed by atoms with E-state index >= 15 is 0 Å². The highest BCUT2D eigenvalue weighted by Gasteiger charge is 2.29. The fourth-order valence-corrected chi connectivity index (χ4v) is 2.25. The molecular formula is C15H23NO4. The summed E-state index contributed by atoms with van der Waals surface area (Å²) in [6.07, 6.45) is 2.05. The lowest BCUT2D eigenvalue weighted by Gasteiger charge is -2.15. The molecule has 0 amide bonds. The first-order valence-electron chi connectivity index (χ1n) is 6.87. The summed E-state index contributed by atoms with van der Waals surface area (Å²) in [7, 11) is 4.79. The maximum absolute atomic E-state index is 9.82. The summed E-state index contributed by atoms with van der Waals surface area (Å²) in [5.41, 5.74) is 1.03. The number of hydrogen-bond acceptors (Lipinski definition) is 5. The molecule has 1 aromatic rings. The van der Waals surface area contributed by atoms with Crippen LogP contribution >= 0.6 is 0 Å². The first-order valence-corrected chi connectivity index (χ1v) is 6.87. The molecule has 0 spiro atoms. The largest absolute Gasteiger partial charge is 0.493 e. The minimum Gasteiger partial charge on any atom is -0.493 e. The van der Waals surface area contributed by atoms with Gasteiger partial charge in [-0.15, -0.1) is 0 Å². The Morgan fingerprint density at radius 2 is 1.75 bits per heavy atom. The minimum absolute atomic E-state index is 0.239. The maximum Gasteiger partial charge on any atom is 0.203 e. The molecule has 1 aliphatic rings. The van der Waals surface area contributed by atoms with Gasteiger partial charge in [0.15, 0.2) is 11.5 Å². The van der Waals surface area contributed by atoms with Gasteiger partial charge in [0.25, 0.3) is 0 Å². The van der Waals surface area contributed by atoms with Crippen LogP contribution in [0, 0.1) is 5.92 Å². The molecule has 0 heterocycles. The first kappa shape index (κ1) is 14.9. The van der Waals surface area contributed by atoms with Crippen molar-refractivity contribution in [2.24, 2.45) is 5.92 Å². The summed E-state index contributed by atoms with van der Waals surface area (Å²) in [5.74, 6) is 2.37. The van der Waals surface area contributed by atoms with Gasteiger partial charge in [-0.05, 0) is 36.5 Å². The average Bonchev–Trinajstić information content (AvgIpc) is 3.30. The summed E-state index contributed by atoms with van der Waals surface area (Å²) in [6.45, 7) is 1.27. The lowest BCUT2D eigenvalue weighted by Crippen LogP contribution is -2.27. The molecule has 2 N–H and O–H groups in total. The molecule has 1 aromatic carbocycles. The van der Waals surface area contributed by atoms with Crippen molar-refractivity contribution in [3.05, 3.63) is 17.7 Å². The van der Waals surface area contributed by atoms with Gasteiger partial charge in [0.1, 0.15) is 0 Å². The van der Waals surface area contributed by atoms with Gasteiger partial charge in [0.05, 0.1) is 27.4 Å². The average molecular weight is 281 g/mol. The van der Waals surface area contributed by atoms with Crippen molar-refractivity contribution in [1.29, 1.82) is 0 Å². The van der Waals surface area contributed by atoms with E-state index in [2.05, 4.69) is 5.32 Å². The van der Waals surface area contributed by atoms with Gasteiger partial charge in [-0.1, -0.05) is 0 Å². The molecule has 112 valence electrons. The number of ether oxygens (including phenoxy) is 3. The summed E-state index contributed by atoms with van der Waals surface area (Å²) in [5, 5.41) is 13.1. The third kappa shape index (κ3) is 3.55. The molecule has 1 atom stereocenters. The Hall–Kier alpha value is -1.46. The SMILES string of the molecule is COc1cc(CNCC(O)C2CC2)cc(OC)c1OC. The maximum atomic E-state index is 9.82. The van der Waals surface area contributed by atoms with Gasteiger partial charge >= 0.3 is 0 Å². The highest BCUT2D eigenvalue weighted by atomic mass is 16.5. The molecule has 5 nitrogen and oxygen atoms in total. The van der Waals surface area contributed by atoms with E-state index in [0.717, 1.165) is 18.4 Å². The van der Waals surface area contributed by atoms with Crippen molar-refractivity contribution in [1.82, 2.24) is 5.32 Å². The second-order valence-corrected chi connectivity index (χ2v) is 5.07. The lowest BCUT2D eigenvalue weighted by molar-refractivity contribution is 0.148. The number of aliphatic hydroxyl groups is 1. The van der Waals surface area contributed by atoms with E-state index in [0.29, 0.717) is 36.3 Å². The Morgan fingerprint density at radius 3 is 2.20 bits per heavy atom. The number of methoxy groups -OCH3 is 3. The van der Waals surface area contributed by atoms with Gasteiger partial charge in [0, 0.05) is 13.1 Å². The second kappa shape index (κ2) is 6.81. The van der Waals surface area contributed by atoms with Crippen LogP contribution in [0.5, 0.6) is 17.2 Å². The van der Waals surface area contributed by atoms with Crippen LogP contribution < -0.4 is 19.5 Å². The number of benzene rings is 1. The van der Waals surface area contributed by atoms with Gasteiger partial charge < -0.3 is 24.6 Å². The van der Waals surface area contributed by atoms with E-state index in [1.54, 1.807) is 21.3 Å². The normalized spacial score (nSPS) is 15.8. The summed E-state index contributed by atoms with van der Waals surface area (Å²) in [4.78, 5) is 0. The molecule has 5 heteroatoms. The quantitative estimate of drug-likeness (QED) is 0.757. The second-order valence-electron chi connectivity index (χ2n) is 5.07. The molecule has 0 bridgehead atoms. The summed E-state index contributed by atoms with van der Waals surface area (Å²) in [6, 6.07) is 3.83. The third-order valence-corrected chi connectivity index (χ3v) is 3.57. The fraction of sp³-hybridized carbons (Fsp3) is 0.600. The molecule has 0 aromatic heterocycles. The minimum atomic E-state index is -0.239. The Morgan fingerprint density at radius 1 is 1.15 bits per heavy atom. The van der Waals surface area contributed by atoms with E-state index in [9.17, 15) is 5.11 Å². The third-order valence-electron chi connectivity index (χ3n) is 3.57. The van der Waals surface area contributed by atoms with E-state index in [1.807, 2.05) is 12.1 Å². The van der Waals surface area contributed by atoms with E-state index in [1.165, 1.54) is 0 Å². The van der Waals surface area contributed by atoms with Gasteiger partial charge in [-0.2, -0.15) is 0 Å². The van der Waals surface area contributed by atoms with Crippen molar-refractivity contribution in [3.8, 4) is 17.2 Å². The van der Waals surface area contributed by atoms with Gasteiger partial charge in [0.2, 0.25) is 5.75 Å². The van der Waals surface area contributed by atoms with Crippen molar-refractivity contribution < 1.29 is 19.3 Å². The van der Waals surface area contributed by atoms with Crippen LogP contribution in [0.4, 0.5) is 0 Å². The zero-order valence-electron chi connectivity index (χ0n) is 12.3. The summed E-state index contributed by atoms with van der Waals surface area (Å²) < 4.78 is 15.9. The first-order chi connectivity index (χ1) is 9.69. The van der Waals surface area contributed by atoms with Crippen LogP contribution in [-0.2, 0) is 6.54 Å². The van der Waals surface area contributed by atoms with Crippen molar-refractivity contribution in [3.63, 3.8) is 0 Å². The smallest absolute Gasteiger partial charge is 0.203 e. The van der Waals surface area contributed by atoms with E-state index in [-0.39, 0.29) is 6.10 Å². The Labute approximate surface area is 119 Å². The van der Waals surface area contributed by atoms with Crippen molar-refractivity contribution >= 4 is 0 Å². The molecule has 0 aliphatic heterocycles. The van der Waals surface area contributed by atoms with E-state index in [4.69, 9.17) is 14.2 Å². The van der Waals surface area contributed by atoms with Gasteiger partial charge in [-0.25, -0.2) is 0 Å². The Kier molecular flexibility index (Phi) is 5.09. The van der Waals surface area contributed by atoms with Crippen LogP contribution in [0.15, 0.2) is 12.1 Å². The summed E-state index contributed by atoms with van der Waals surface area (Å²) >= 11 is 0. The lowest BCUT2D eigenvalue weighted by atomic mass is 10.1. The standard InChI is InChI=1S/C15H23NO4/c1-18-13-6-10(7-14(19-2)15(13)20-3)8-16-9-12(17)11-4-5-11/h6-7,11-12,16-17H,4-5,8-9H2,1-3H3. The number of hydrogen-bond donors (Lipinski definition) is 2. The van der Waals surface area contributed by atoms with Crippen LogP contribution in [0.3, 0.4) is 0 Å². The van der Waals surface area contributed by atoms with Gasteiger partial charge in [-0.3, -0.25) is 0 Å². The molecular weight excluding hydrogens is 258 g/mol. The molecule has 1 saturated carbocycles. The molecule has 0 saturated heterocycles. The number of rotatable bonds is 8.